The molecule has 0 bridgehead atoms. The predicted octanol–water partition coefficient (Wildman–Crippen LogP) is 7.52. The second-order valence-electron chi connectivity index (χ2n) is 7.96. The van der Waals surface area contributed by atoms with E-state index in [-0.39, 0.29) is 0 Å². The van der Waals surface area contributed by atoms with E-state index in [1.807, 2.05) is 11.8 Å². The smallest absolute Gasteiger partial charge is 0.0441 e. The van der Waals surface area contributed by atoms with Crippen molar-refractivity contribution in [3.63, 3.8) is 0 Å². The van der Waals surface area contributed by atoms with Crippen molar-refractivity contribution < 1.29 is 0 Å². The highest BCUT2D eigenvalue weighted by molar-refractivity contribution is 7.99. The average molecular weight is 387 g/mol. The summed E-state index contributed by atoms with van der Waals surface area (Å²) in [4.78, 5) is 0. The second kappa shape index (κ2) is 9.33. The van der Waals surface area contributed by atoms with Crippen molar-refractivity contribution >= 4 is 23.4 Å². The molecule has 0 radical (unpaired) electrons. The summed E-state index contributed by atoms with van der Waals surface area (Å²) in [5.41, 5.74) is 5.53. The first-order valence-corrected chi connectivity index (χ1v) is 11.6. The van der Waals surface area contributed by atoms with Crippen molar-refractivity contribution in [3.8, 4) is 0 Å². The Hall–Kier alpha value is -0.920. The van der Waals surface area contributed by atoms with Crippen LogP contribution in [0.15, 0.2) is 42.5 Å². The molecule has 0 saturated heterocycles. The number of hydrogen-bond donors (Lipinski definition) is 0. The largest absolute Gasteiger partial charge is 0.162 e. The Morgan fingerprint density at radius 2 is 1.73 bits per heavy atom. The van der Waals surface area contributed by atoms with Crippen LogP contribution < -0.4 is 0 Å². The number of rotatable bonds is 6. The van der Waals surface area contributed by atoms with E-state index in [4.69, 9.17) is 11.6 Å². The van der Waals surface area contributed by atoms with E-state index in [0.29, 0.717) is 5.92 Å². The fourth-order valence-electron chi connectivity index (χ4n) is 4.32. The molecule has 1 aliphatic rings. The molecule has 1 saturated carbocycles. The molecule has 1 fully saturated rings. The lowest BCUT2D eigenvalue weighted by molar-refractivity contribution is 0.352. The standard InChI is InChI=1S/C24H31ClS/c1-4-5-18-6-8-19(9-7-18)14-22-15-20(10-11-24(22)25)21-12-17(2)13-23(16-21)26-3/h6-11,15,17,21,23H,4-5,12-14,16H2,1-3H3. The van der Waals surface area contributed by atoms with Gasteiger partial charge in [0.15, 0.2) is 0 Å². The molecule has 0 amide bonds. The van der Waals surface area contributed by atoms with Crippen molar-refractivity contribution in [3.05, 3.63) is 69.7 Å². The highest BCUT2D eigenvalue weighted by Crippen LogP contribution is 2.41. The van der Waals surface area contributed by atoms with Gasteiger partial charge in [-0.3, -0.25) is 0 Å². The van der Waals surface area contributed by atoms with Gasteiger partial charge in [-0.25, -0.2) is 0 Å². The first-order chi connectivity index (χ1) is 12.6. The van der Waals surface area contributed by atoms with Gasteiger partial charge in [0.25, 0.3) is 0 Å². The van der Waals surface area contributed by atoms with Crippen LogP contribution in [0.2, 0.25) is 5.02 Å². The zero-order valence-electron chi connectivity index (χ0n) is 16.3. The number of halogens is 1. The summed E-state index contributed by atoms with van der Waals surface area (Å²) in [6, 6.07) is 15.8. The minimum atomic E-state index is 0.680. The zero-order chi connectivity index (χ0) is 18.5. The minimum Gasteiger partial charge on any atom is -0.162 e. The molecular formula is C24H31ClS. The molecule has 0 aromatic heterocycles. The molecule has 140 valence electrons. The lowest BCUT2D eigenvalue weighted by atomic mass is 9.78. The van der Waals surface area contributed by atoms with Crippen molar-refractivity contribution in [1.82, 2.24) is 0 Å². The molecule has 2 heteroatoms. The molecule has 0 N–H and O–H groups in total. The summed E-state index contributed by atoms with van der Waals surface area (Å²) in [6.07, 6.45) is 9.52. The normalized spacial score (nSPS) is 23.2. The molecule has 0 aliphatic heterocycles. The van der Waals surface area contributed by atoms with Crippen LogP contribution in [-0.4, -0.2) is 11.5 Å². The van der Waals surface area contributed by atoms with Crippen LogP contribution >= 0.6 is 23.4 Å². The molecule has 26 heavy (non-hydrogen) atoms. The second-order valence-corrected chi connectivity index (χ2v) is 9.51. The van der Waals surface area contributed by atoms with Crippen molar-refractivity contribution in [2.45, 2.75) is 63.5 Å². The molecule has 0 nitrogen and oxygen atoms in total. The summed E-state index contributed by atoms with van der Waals surface area (Å²) in [6.45, 7) is 4.64. The highest BCUT2D eigenvalue weighted by Gasteiger charge is 2.27. The van der Waals surface area contributed by atoms with Gasteiger partial charge in [0, 0.05) is 10.3 Å². The van der Waals surface area contributed by atoms with Crippen LogP contribution in [0.5, 0.6) is 0 Å². The van der Waals surface area contributed by atoms with Crippen LogP contribution in [0.1, 0.15) is 67.7 Å². The monoisotopic (exact) mass is 386 g/mol. The van der Waals surface area contributed by atoms with E-state index in [0.717, 1.165) is 29.0 Å². The Kier molecular flexibility index (Phi) is 7.12. The number of hydrogen-bond acceptors (Lipinski definition) is 1. The molecule has 2 aromatic rings. The van der Waals surface area contributed by atoms with Crippen molar-refractivity contribution in [2.75, 3.05) is 6.26 Å². The van der Waals surface area contributed by atoms with E-state index in [1.54, 1.807) is 0 Å². The van der Waals surface area contributed by atoms with E-state index in [2.05, 4.69) is 62.6 Å². The first kappa shape index (κ1) is 19.8. The lowest BCUT2D eigenvalue weighted by Crippen LogP contribution is -2.21. The van der Waals surface area contributed by atoms with Gasteiger partial charge >= 0.3 is 0 Å². The summed E-state index contributed by atoms with van der Waals surface area (Å²) in [5, 5.41) is 1.70. The molecule has 0 heterocycles. The van der Waals surface area contributed by atoms with Gasteiger partial charge in [-0.05, 0) is 78.5 Å². The van der Waals surface area contributed by atoms with E-state index >= 15 is 0 Å². The highest BCUT2D eigenvalue weighted by atomic mass is 35.5. The van der Waals surface area contributed by atoms with Crippen LogP contribution in [0.3, 0.4) is 0 Å². The van der Waals surface area contributed by atoms with Crippen molar-refractivity contribution in [2.24, 2.45) is 5.92 Å². The first-order valence-electron chi connectivity index (χ1n) is 9.98. The molecule has 3 unspecified atom stereocenters. The third kappa shape index (κ3) is 5.08. The minimum absolute atomic E-state index is 0.680. The Morgan fingerprint density at radius 1 is 1.00 bits per heavy atom. The Balaban J connectivity index is 1.77. The summed E-state index contributed by atoms with van der Waals surface area (Å²) in [7, 11) is 0. The van der Waals surface area contributed by atoms with Gasteiger partial charge < -0.3 is 0 Å². The van der Waals surface area contributed by atoms with Crippen LogP contribution in [0.4, 0.5) is 0 Å². The number of thioether (sulfide) groups is 1. The number of benzene rings is 2. The molecule has 3 rings (SSSR count). The summed E-state index contributed by atoms with van der Waals surface area (Å²) < 4.78 is 0. The van der Waals surface area contributed by atoms with E-state index in [1.165, 1.54) is 47.9 Å². The number of aryl methyl sites for hydroxylation is 1. The van der Waals surface area contributed by atoms with Crippen LogP contribution in [0, 0.1) is 5.92 Å². The fraction of sp³-hybridized carbons (Fsp3) is 0.500. The molecule has 2 aromatic carbocycles. The van der Waals surface area contributed by atoms with Crippen LogP contribution in [0.25, 0.3) is 0 Å². The van der Waals surface area contributed by atoms with E-state index < -0.39 is 0 Å². The Labute approximate surface area is 168 Å². The Bertz CT molecular complexity index is 707. The van der Waals surface area contributed by atoms with Gasteiger partial charge in [0.2, 0.25) is 0 Å². The van der Waals surface area contributed by atoms with Gasteiger partial charge in [0.05, 0.1) is 0 Å². The topological polar surface area (TPSA) is 0 Å². The fourth-order valence-corrected chi connectivity index (χ4v) is 5.45. The Morgan fingerprint density at radius 3 is 2.42 bits per heavy atom. The van der Waals surface area contributed by atoms with Crippen LogP contribution in [-0.2, 0) is 12.8 Å². The molecular weight excluding hydrogens is 356 g/mol. The molecule has 0 spiro atoms. The predicted molar refractivity (Wildman–Crippen MR) is 118 cm³/mol. The van der Waals surface area contributed by atoms with Gasteiger partial charge in [0.1, 0.15) is 0 Å². The summed E-state index contributed by atoms with van der Waals surface area (Å²) >= 11 is 8.58. The van der Waals surface area contributed by atoms with E-state index in [9.17, 15) is 0 Å². The maximum absolute atomic E-state index is 6.55. The summed E-state index contributed by atoms with van der Waals surface area (Å²) in [5.74, 6) is 1.50. The van der Waals surface area contributed by atoms with Gasteiger partial charge in [-0.15, -0.1) is 0 Å². The van der Waals surface area contributed by atoms with Gasteiger partial charge in [-0.1, -0.05) is 68.3 Å². The van der Waals surface area contributed by atoms with Crippen molar-refractivity contribution in [1.29, 1.82) is 0 Å². The quantitative estimate of drug-likeness (QED) is 0.494. The molecule has 1 aliphatic carbocycles. The third-order valence-electron chi connectivity index (χ3n) is 5.73. The third-order valence-corrected chi connectivity index (χ3v) is 7.15. The SMILES string of the molecule is CCCc1ccc(Cc2cc(C3CC(C)CC(SC)C3)ccc2Cl)cc1. The lowest BCUT2D eigenvalue weighted by Gasteiger charge is -2.33. The maximum Gasteiger partial charge on any atom is 0.0441 e. The molecule has 3 atom stereocenters. The average Bonchev–Trinajstić information content (AvgIpc) is 2.64. The van der Waals surface area contributed by atoms with Gasteiger partial charge in [-0.2, -0.15) is 11.8 Å². The maximum atomic E-state index is 6.55. The zero-order valence-corrected chi connectivity index (χ0v) is 17.9.